The minimum Gasteiger partial charge on any atom is -0.455 e. The summed E-state index contributed by atoms with van der Waals surface area (Å²) < 4.78 is 42.6. The van der Waals surface area contributed by atoms with Gasteiger partial charge in [0.1, 0.15) is 5.75 Å². The third kappa shape index (κ3) is 3.67. The van der Waals surface area contributed by atoms with Gasteiger partial charge in [-0.3, -0.25) is 15.1 Å². The van der Waals surface area contributed by atoms with Crippen LogP contribution in [-0.2, 0) is 11.3 Å². The largest absolute Gasteiger partial charge is 0.472 e. The summed E-state index contributed by atoms with van der Waals surface area (Å²) in [5.74, 6) is -1.51. The maximum atomic E-state index is 12.4. The minimum atomic E-state index is -5.12. The molecule has 3 rings (SSSR count). The molecule has 0 aliphatic carbocycles. The Morgan fingerprint density at radius 1 is 1.08 bits per heavy atom. The number of hydrogen-bond acceptors (Lipinski definition) is 3. The highest BCUT2D eigenvalue weighted by molar-refractivity contribution is 6.31. The molecule has 0 saturated heterocycles. The monoisotopic (exact) mass is 385 g/mol. The molecule has 2 aromatic carbocycles. The Balaban J connectivity index is 1.91. The highest BCUT2D eigenvalue weighted by Crippen LogP contribution is 2.40. The average molecular weight is 386 g/mol. The number of nitrogens with zero attached hydrogens (tertiary/aromatic N) is 1. The lowest BCUT2D eigenvalue weighted by molar-refractivity contribution is -0.174. The van der Waals surface area contributed by atoms with Gasteiger partial charge in [0, 0.05) is 10.6 Å². The van der Waals surface area contributed by atoms with Crippen LogP contribution >= 0.6 is 11.6 Å². The van der Waals surface area contributed by atoms with Gasteiger partial charge in [-0.05, 0) is 24.3 Å². The van der Waals surface area contributed by atoms with E-state index in [9.17, 15) is 22.8 Å². The zero-order valence-corrected chi connectivity index (χ0v) is 13.7. The quantitative estimate of drug-likeness (QED) is 0.678. The van der Waals surface area contributed by atoms with Crippen LogP contribution in [0.15, 0.2) is 42.5 Å². The van der Waals surface area contributed by atoms with Gasteiger partial charge in [-0.2, -0.15) is 13.2 Å². The van der Waals surface area contributed by atoms with Gasteiger partial charge in [-0.25, -0.2) is 10.2 Å². The van der Waals surface area contributed by atoms with Gasteiger partial charge in [-0.15, -0.1) is 0 Å². The molecule has 0 aromatic heterocycles. The van der Waals surface area contributed by atoms with Gasteiger partial charge in [0.15, 0.2) is 5.75 Å². The van der Waals surface area contributed by atoms with E-state index < -0.39 is 18.1 Å². The van der Waals surface area contributed by atoms with Crippen LogP contribution in [-0.4, -0.2) is 18.1 Å². The first-order chi connectivity index (χ1) is 12.3. The highest BCUT2D eigenvalue weighted by Gasteiger charge is 2.39. The number of ether oxygens (including phenoxy) is 1. The van der Waals surface area contributed by atoms with Gasteiger partial charge in [0.2, 0.25) is 0 Å². The number of fused-ring (bicyclic) bond motifs is 2. The van der Waals surface area contributed by atoms with E-state index in [-0.39, 0.29) is 18.0 Å². The van der Waals surface area contributed by atoms with Crippen molar-refractivity contribution in [1.82, 2.24) is 10.9 Å². The van der Waals surface area contributed by atoms with E-state index in [4.69, 9.17) is 16.3 Å². The standard InChI is InChI=1S/C16H11ClF3N3O3/c17-10-5-6-13-11(7-10)23(8-9-3-1-2-4-12(9)26-13)15(25)22-21-14(24)16(18,19)20/h1-7H,8H2,(H,21,24)(H,22,25). The Morgan fingerprint density at radius 2 is 1.81 bits per heavy atom. The Kier molecular flexibility index (Phi) is 4.64. The third-order valence-electron chi connectivity index (χ3n) is 3.52. The predicted octanol–water partition coefficient (Wildman–Crippen LogP) is 3.76. The van der Waals surface area contributed by atoms with Crippen LogP contribution in [0, 0.1) is 0 Å². The molecule has 1 aliphatic heterocycles. The number of hydrazine groups is 1. The molecule has 0 spiro atoms. The second kappa shape index (κ2) is 6.75. The van der Waals surface area contributed by atoms with Gasteiger partial charge < -0.3 is 4.74 Å². The number of carbonyl (C=O) groups is 2. The van der Waals surface area contributed by atoms with Gasteiger partial charge in [-0.1, -0.05) is 29.8 Å². The summed E-state index contributed by atoms with van der Waals surface area (Å²) in [6.45, 7) is -0.00274. The lowest BCUT2D eigenvalue weighted by atomic mass is 10.2. The fraction of sp³-hybridized carbons (Fsp3) is 0.125. The summed E-state index contributed by atoms with van der Waals surface area (Å²) in [4.78, 5) is 24.4. The summed E-state index contributed by atoms with van der Waals surface area (Å²) in [6.07, 6.45) is -5.12. The number of anilines is 1. The number of alkyl halides is 3. The number of para-hydroxylation sites is 1. The zero-order valence-electron chi connectivity index (χ0n) is 12.9. The van der Waals surface area contributed by atoms with Crippen molar-refractivity contribution >= 4 is 29.2 Å². The Labute approximate surface area is 150 Å². The maximum Gasteiger partial charge on any atom is 0.472 e. The molecule has 10 heteroatoms. The fourth-order valence-corrected chi connectivity index (χ4v) is 2.49. The van der Waals surface area contributed by atoms with Crippen LogP contribution in [0.3, 0.4) is 0 Å². The van der Waals surface area contributed by atoms with Crippen molar-refractivity contribution in [1.29, 1.82) is 0 Å². The molecule has 0 radical (unpaired) electrons. The van der Waals surface area contributed by atoms with Crippen molar-refractivity contribution in [3.63, 3.8) is 0 Å². The van der Waals surface area contributed by atoms with E-state index in [0.29, 0.717) is 16.3 Å². The topological polar surface area (TPSA) is 70.7 Å². The molecule has 0 atom stereocenters. The van der Waals surface area contributed by atoms with Crippen LogP contribution < -0.4 is 20.5 Å². The molecule has 0 saturated carbocycles. The van der Waals surface area contributed by atoms with Crippen molar-refractivity contribution in [3.8, 4) is 11.5 Å². The predicted molar refractivity (Wildman–Crippen MR) is 86.9 cm³/mol. The van der Waals surface area contributed by atoms with Crippen LogP contribution in [0.5, 0.6) is 11.5 Å². The second-order valence-corrected chi connectivity index (χ2v) is 5.73. The van der Waals surface area contributed by atoms with E-state index in [0.717, 1.165) is 4.90 Å². The Morgan fingerprint density at radius 3 is 2.54 bits per heavy atom. The normalized spacial score (nSPS) is 13.0. The first-order valence-electron chi connectivity index (χ1n) is 7.25. The van der Waals surface area contributed by atoms with Gasteiger partial charge in [0.25, 0.3) is 0 Å². The number of carbonyl (C=O) groups excluding carboxylic acids is 2. The molecule has 26 heavy (non-hydrogen) atoms. The zero-order chi connectivity index (χ0) is 18.9. The van der Waals surface area contributed by atoms with Crippen molar-refractivity contribution in [2.75, 3.05) is 4.90 Å². The lowest BCUT2D eigenvalue weighted by Crippen LogP contribution is -2.52. The Bertz CT molecular complexity index is 873. The molecule has 0 fully saturated rings. The average Bonchev–Trinajstić information content (AvgIpc) is 2.75. The summed E-state index contributed by atoms with van der Waals surface area (Å²) in [5.41, 5.74) is 3.94. The number of amides is 3. The molecular weight excluding hydrogens is 375 g/mol. The van der Waals surface area contributed by atoms with E-state index in [1.165, 1.54) is 17.6 Å². The fourth-order valence-electron chi connectivity index (χ4n) is 2.33. The lowest BCUT2D eigenvalue weighted by Gasteiger charge is -2.22. The second-order valence-electron chi connectivity index (χ2n) is 5.29. The third-order valence-corrected chi connectivity index (χ3v) is 3.75. The number of benzene rings is 2. The van der Waals surface area contributed by atoms with Crippen LogP contribution in [0.25, 0.3) is 0 Å². The van der Waals surface area contributed by atoms with Crippen molar-refractivity contribution in [2.24, 2.45) is 0 Å². The first kappa shape index (κ1) is 17.9. The smallest absolute Gasteiger partial charge is 0.455 e. The molecule has 0 unspecified atom stereocenters. The van der Waals surface area contributed by atoms with Crippen molar-refractivity contribution in [2.45, 2.75) is 12.7 Å². The van der Waals surface area contributed by atoms with E-state index in [1.807, 2.05) is 0 Å². The Hall–Kier alpha value is -2.94. The molecule has 2 N–H and O–H groups in total. The van der Waals surface area contributed by atoms with E-state index in [1.54, 1.807) is 35.8 Å². The first-order valence-corrected chi connectivity index (χ1v) is 7.63. The number of halogens is 4. The van der Waals surface area contributed by atoms with Crippen molar-refractivity contribution in [3.05, 3.63) is 53.1 Å². The maximum absolute atomic E-state index is 12.4. The molecule has 2 aromatic rings. The van der Waals surface area contributed by atoms with Crippen molar-refractivity contribution < 1.29 is 27.5 Å². The minimum absolute atomic E-state index is 0.00274. The van der Waals surface area contributed by atoms with E-state index in [2.05, 4.69) is 0 Å². The van der Waals surface area contributed by atoms with E-state index >= 15 is 0 Å². The molecule has 136 valence electrons. The summed E-state index contributed by atoms with van der Waals surface area (Å²) in [7, 11) is 0. The summed E-state index contributed by atoms with van der Waals surface area (Å²) in [5, 5.41) is 0.301. The van der Waals surface area contributed by atoms with Crippen LogP contribution in [0.2, 0.25) is 5.02 Å². The van der Waals surface area contributed by atoms with Crippen LogP contribution in [0.1, 0.15) is 5.56 Å². The number of hydrogen-bond donors (Lipinski definition) is 2. The highest BCUT2D eigenvalue weighted by atomic mass is 35.5. The SMILES string of the molecule is O=C(NNC(=O)C(F)(F)F)N1Cc2ccccc2Oc2ccc(Cl)cc21. The number of rotatable bonds is 0. The molecule has 3 amide bonds. The number of nitrogens with one attached hydrogen (secondary N) is 2. The molecule has 1 aliphatic rings. The van der Waals surface area contributed by atoms with Gasteiger partial charge in [0.05, 0.1) is 12.2 Å². The molecule has 0 bridgehead atoms. The van der Waals surface area contributed by atoms with Gasteiger partial charge >= 0.3 is 18.1 Å². The summed E-state index contributed by atoms with van der Waals surface area (Å²) >= 11 is 5.97. The number of urea groups is 1. The molecular formula is C16H11ClF3N3O3. The summed E-state index contributed by atoms with van der Waals surface area (Å²) in [6, 6.07) is 10.4. The molecule has 6 nitrogen and oxygen atoms in total. The molecule has 1 heterocycles. The van der Waals surface area contributed by atoms with Crippen LogP contribution in [0.4, 0.5) is 23.7 Å².